The average Bonchev–Trinajstić information content (AvgIpc) is 2.56. The fourth-order valence-corrected chi connectivity index (χ4v) is 3.81. The van der Waals surface area contributed by atoms with Crippen LogP contribution in [0.1, 0.15) is 103 Å². The summed E-state index contributed by atoms with van der Waals surface area (Å²) in [5.41, 5.74) is -1.76. The molecule has 0 aromatic carbocycles. The largest absolute Gasteiger partial charge is 0.481 e. The molecule has 0 aliphatic rings. The van der Waals surface area contributed by atoms with E-state index in [4.69, 9.17) is 5.11 Å². The monoisotopic (exact) mass is 400 g/mol. The maximum Gasteiger partial charge on any atom is 0.306 e. The Kier molecular flexibility index (Phi) is 14.5. The van der Waals surface area contributed by atoms with Gasteiger partial charge in [-0.3, -0.25) is 9.59 Å². The quantitative estimate of drug-likeness (QED) is 0.238. The Bertz CT molecular complexity index is 431. The van der Waals surface area contributed by atoms with Gasteiger partial charge < -0.3 is 14.7 Å². The summed E-state index contributed by atoms with van der Waals surface area (Å²) in [7, 11) is 5.56. The van der Waals surface area contributed by atoms with Gasteiger partial charge in [-0.2, -0.15) is 0 Å². The summed E-state index contributed by atoms with van der Waals surface area (Å²) < 4.78 is 0.355. The van der Waals surface area contributed by atoms with Crippen molar-refractivity contribution >= 4 is 11.8 Å². The third kappa shape index (κ3) is 15.0. The number of carbonyl (C=O) groups excluding carboxylic acids is 1. The van der Waals surface area contributed by atoms with Crippen LogP contribution in [-0.2, 0) is 9.59 Å². The minimum Gasteiger partial charge on any atom is -0.481 e. The summed E-state index contributed by atoms with van der Waals surface area (Å²) in [6.45, 7) is 2.37. The predicted molar refractivity (Wildman–Crippen MR) is 115 cm³/mol. The zero-order chi connectivity index (χ0) is 21.5. The molecule has 0 unspecified atom stereocenters. The number of carboxylic acids is 1. The van der Waals surface area contributed by atoms with E-state index in [9.17, 15) is 14.7 Å². The lowest BCUT2D eigenvalue weighted by Crippen LogP contribution is -2.54. The Hall–Kier alpha value is -0.940. The van der Waals surface area contributed by atoms with Crippen molar-refractivity contribution in [3.8, 4) is 0 Å². The first-order chi connectivity index (χ1) is 13.1. The van der Waals surface area contributed by atoms with E-state index in [-0.39, 0.29) is 18.7 Å². The lowest BCUT2D eigenvalue weighted by atomic mass is 9.89. The summed E-state index contributed by atoms with van der Waals surface area (Å²) in [5, 5.41) is 19.7. The first kappa shape index (κ1) is 27.1. The number of ketones is 1. The Morgan fingerprint density at radius 3 is 1.50 bits per heavy atom. The second kappa shape index (κ2) is 15.0. The van der Waals surface area contributed by atoms with E-state index in [1.807, 2.05) is 21.1 Å². The highest BCUT2D eigenvalue weighted by Crippen LogP contribution is 2.20. The van der Waals surface area contributed by atoms with Crippen molar-refractivity contribution in [2.24, 2.45) is 0 Å². The molecule has 0 aromatic heterocycles. The zero-order valence-corrected chi connectivity index (χ0v) is 19.0. The van der Waals surface area contributed by atoms with E-state index in [1.165, 1.54) is 64.2 Å². The lowest BCUT2D eigenvalue weighted by Gasteiger charge is -2.33. The van der Waals surface area contributed by atoms with E-state index in [0.717, 1.165) is 19.3 Å². The predicted octanol–water partition coefficient (Wildman–Crippen LogP) is 4.95. The molecule has 1 atom stereocenters. The number of likely N-dealkylation sites (N-methyl/N-ethyl adjacent to an activating group) is 1. The molecule has 0 saturated heterocycles. The zero-order valence-electron chi connectivity index (χ0n) is 19.0. The van der Waals surface area contributed by atoms with Crippen molar-refractivity contribution in [3.05, 3.63) is 0 Å². The van der Waals surface area contributed by atoms with E-state index in [0.29, 0.717) is 4.48 Å². The molecule has 0 aromatic rings. The minimum atomic E-state index is -1.76. The summed E-state index contributed by atoms with van der Waals surface area (Å²) in [6.07, 6.45) is 15.8. The van der Waals surface area contributed by atoms with Gasteiger partial charge in [0.1, 0.15) is 6.54 Å². The highest BCUT2D eigenvalue weighted by Gasteiger charge is 2.42. The second-order valence-corrected chi connectivity index (χ2v) is 9.47. The van der Waals surface area contributed by atoms with E-state index < -0.39 is 18.0 Å². The topological polar surface area (TPSA) is 74.6 Å². The molecule has 5 nitrogen and oxygen atoms in total. The number of aliphatic hydroxyl groups is 1. The fourth-order valence-electron chi connectivity index (χ4n) is 3.81. The Balaban J connectivity index is 3.85. The molecule has 0 aliphatic carbocycles. The normalized spacial score (nSPS) is 14.0. The number of carbonyl (C=O) groups is 2. The number of quaternary nitrogens is 1. The second-order valence-electron chi connectivity index (χ2n) is 9.47. The van der Waals surface area contributed by atoms with Crippen molar-refractivity contribution in [2.45, 2.75) is 109 Å². The van der Waals surface area contributed by atoms with E-state index in [2.05, 4.69) is 6.92 Å². The molecule has 0 saturated carbocycles. The van der Waals surface area contributed by atoms with Gasteiger partial charge >= 0.3 is 5.97 Å². The molecule has 0 amide bonds. The van der Waals surface area contributed by atoms with Crippen LogP contribution >= 0.6 is 0 Å². The van der Waals surface area contributed by atoms with Crippen molar-refractivity contribution in [2.75, 3.05) is 27.7 Å². The first-order valence-electron chi connectivity index (χ1n) is 11.4. The molecule has 166 valence electrons. The molecule has 0 spiro atoms. The number of rotatable bonds is 19. The van der Waals surface area contributed by atoms with Crippen molar-refractivity contribution in [3.63, 3.8) is 0 Å². The summed E-state index contributed by atoms with van der Waals surface area (Å²) in [5.74, 6) is -1.46. The summed E-state index contributed by atoms with van der Waals surface area (Å²) in [6, 6.07) is 0. The van der Waals surface area contributed by atoms with Gasteiger partial charge in [0.15, 0.2) is 11.4 Å². The number of nitrogens with zero attached hydrogens (tertiary/aromatic N) is 1. The van der Waals surface area contributed by atoms with Crippen LogP contribution in [0.25, 0.3) is 0 Å². The Morgan fingerprint density at radius 2 is 1.14 bits per heavy atom. The van der Waals surface area contributed by atoms with Gasteiger partial charge in [0.25, 0.3) is 0 Å². The van der Waals surface area contributed by atoms with Gasteiger partial charge in [-0.25, -0.2) is 0 Å². The van der Waals surface area contributed by atoms with Crippen molar-refractivity contribution < 1.29 is 24.3 Å². The number of hydrogen-bond acceptors (Lipinski definition) is 3. The van der Waals surface area contributed by atoms with Crippen LogP contribution in [0, 0.1) is 0 Å². The molecular weight excluding hydrogens is 354 g/mol. The SMILES string of the molecule is CCCCCCCCCCCCCCCC(=O)[C@](O)(CC(=O)O)C[N+](C)(C)C. The van der Waals surface area contributed by atoms with Crippen LogP contribution in [0.5, 0.6) is 0 Å². The van der Waals surface area contributed by atoms with Crippen molar-refractivity contribution in [1.82, 2.24) is 0 Å². The third-order valence-electron chi connectivity index (χ3n) is 5.21. The average molecular weight is 401 g/mol. The van der Waals surface area contributed by atoms with Crippen LogP contribution in [0.3, 0.4) is 0 Å². The number of aliphatic carboxylic acids is 1. The highest BCUT2D eigenvalue weighted by molar-refractivity contribution is 5.90. The number of hydrogen-bond donors (Lipinski definition) is 2. The molecule has 28 heavy (non-hydrogen) atoms. The molecule has 0 aliphatic heterocycles. The number of carboxylic acid groups (broad SMARTS) is 1. The standard InChI is InChI=1S/C23H45NO4/c1-5-6-7-8-9-10-11-12-13-14-15-16-17-18-21(25)23(28,19-22(26)27)20-24(2,3)4/h28H,5-20H2,1-4H3/p+1/t23-/m0/s1. The first-order valence-corrected chi connectivity index (χ1v) is 11.4. The van der Waals surface area contributed by atoms with Crippen molar-refractivity contribution in [1.29, 1.82) is 0 Å². The van der Waals surface area contributed by atoms with Crippen LogP contribution in [0.4, 0.5) is 0 Å². The third-order valence-corrected chi connectivity index (χ3v) is 5.21. The van der Waals surface area contributed by atoms with Gasteiger partial charge in [0.2, 0.25) is 0 Å². The van der Waals surface area contributed by atoms with E-state index >= 15 is 0 Å². The van der Waals surface area contributed by atoms with Gasteiger partial charge in [0, 0.05) is 6.42 Å². The van der Waals surface area contributed by atoms with Crippen LogP contribution in [0.15, 0.2) is 0 Å². The van der Waals surface area contributed by atoms with Gasteiger partial charge in [-0.15, -0.1) is 0 Å². The van der Waals surface area contributed by atoms with Crippen LogP contribution < -0.4 is 0 Å². The molecule has 0 radical (unpaired) electrons. The van der Waals surface area contributed by atoms with Gasteiger partial charge in [-0.05, 0) is 6.42 Å². The number of unbranched alkanes of at least 4 members (excludes halogenated alkanes) is 12. The Labute approximate surface area is 173 Å². The lowest BCUT2D eigenvalue weighted by molar-refractivity contribution is -0.875. The summed E-state index contributed by atoms with van der Waals surface area (Å²) >= 11 is 0. The molecule has 0 heterocycles. The van der Waals surface area contributed by atoms with Crippen LogP contribution in [-0.4, -0.2) is 59.7 Å². The maximum absolute atomic E-state index is 12.5. The Morgan fingerprint density at radius 1 is 0.750 bits per heavy atom. The number of Topliss-reactive ketones (excluding diaryl/α,β-unsaturated/α-hetero) is 1. The van der Waals surface area contributed by atoms with Crippen LogP contribution in [0.2, 0.25) is 0 Å². The minimum absolute atomic E-state index is 0.122. The maximum atomic E-state index is 12.5. The van der Waals surface area contributed by atoms with E-state index in [1.54, 1.807) is 0 Å². The molecule has 0 rings (SSSR count). The summed E-state index contributed by atoms with van der Waals surface area (Å²) in [4.78, 5) is 23.5. The molecule has 0 bridgehead atoms. The highest BCUT2D eigenvalue weighted by atomic mass is 16.4. The van der Waals surface area contributed by atoms with Gasteiger partial charge in [-0.1, -0.05) is 84.0 Å². The molecule has 2 N–H and O–H groups in total. The molecular formula is C23H46NO4+. The molecule has 5 heteroatoms. The fraction of sp³-hybridized carbons (Fsp3) is 0.913. The van der Waals surface area contributed by atoms with Gasteiger partial charge in [0.05, 0.1) is 27.6 Å². The molecule has 0 fully saturated rings. The smallest absolute Gasteiger partial charge is 0.306 e.